The highest BCUT2D eigenvalue weighted by atomic mass is 16.4. The largest absolute Gasteiger partial charge is 0.459 e. The smallest absolute Gasteiger partial charge is 0.266 e. The molecule has 0 spiro atoms. The molecule has 2 N–H and O–H groups in total. The number of furan rings is 1. The molecule has 2 aromatic heterocycles. The molecular weight excluding hydrogens is 324 g/mol. The van der Waals surface area contributed by atoms with Gasteiger partial charge in [0.25, 0.3) is 5.89 Å². The number of amides is 1. The van der Waals surface area contributed by atoms with E-state index < -0.39 is 0 Å². The van der Waals surface area contributed by atoms with Crippen LogP contribution in [0.15, 0.2) is 27.2 Å². The van der Waals surface area contributed by atoms with E-state index in [-0.39, 0.29) is 30.0 Å². The molecule has 1 aliphatic heterocycles. The van der Waals surface area contributed by atoms with Crippen molar-refractivity contribution in [3.05, 3.63) is 24.1 Å². The molecule has 3 heterocycles. The molecule has 0 aliphatic carbocycles. The quantitative estimate of drug-likeness (QED) is 0.763. The highest BCUT2D eigenvalue weighted by Crippen LogP contribution is 2.31. The standard InChI is InChI=1S/C17H20N4O4/c18-11-13-17(25-16(20-13)14-3-1-10-24-14)21-7-4-12(5-8-21)15(23)19-6-2-9-22/h1,3,10,12,22H,2,4-9H2,(H,19,23). The van der Waals surface area contributed by atoms with Crippen LogP contribution in [0.3, 0.4) is 0 Å². The van der Waals surface area contributed by atoms with Crippen molar-refractivity contribution in [3.63, 3.8) is 0 Å². The topological polar surface area (TPSA) is 116 Å². The Bertz CT molecular complexity index is 739. The van der Waals surface area contributed by atoms with Gasteiger partial charge in [-0.2, -0.15) is 10.2 Å². The summed E-state index contributed by atoms with van der Waals surface area (Å²) in [6, 6.07) is 5.50. The van der Waals surface area contributed by atoms with Crippen LogP contribution in [0.5, 0.6) is 0 Å². The normalized spacial score (nSPS) is 15.1. The molecule has 0 aromatic carbocycles. The van der Waals surface area contributed by atoms with Crippen LogP contribution in [0.25, 0.3) is 11.7 Å². The first-order chi connectivity index (χ1) is 12.2. The molecule has 0 atom stereocenters. The number of rotatable bonds is 6. The fraction of sp³-hybridized carbons (Fsp3) is 0.471. The number of aliphatic hydroxyl groups is 1. The molecule has 3 rings (SSSR count). The van der Waals surface area contributed by atoms with Gasteiger partial charge in [-0.3, -0.25) is 4.79 Å². The second-order valence-electron chi connectivity index (χ2n) is 5.89. The minimum atomic E-state index is -0.0621. The van der Waals surface area contributed by atoms with Crippen molar-refractivity contribution in [3.8, 4) is 17.7 Å². The minimum absolute atomic E-state index is 0.0162. The predicted molar refractivity (Wildman–Crippen MR) is 88.6 cm³/mol. The van der Waals surface area contributed by atoms with Crippen LogP contribution in [0.2, 0.25) is 0 Å². The first-order valence-electron chi connectivity index (χ1n) is 8.31. The number of anilines is 1. The maximum absolute atomic E-state index is 12.1. The van der Waals surface area contributed by atoms with E-state index in [1.54, 1.807) is 12.1 Å². The van der Waals surface area contributed by atoms with Crippen molar-refractivity contribution >= 4 is 11.8 Å². The lowest BCUT2D eigenvalue weighted by molar-refractivity contribution is -0.125. The Kier molecular flexibility index (Phi) is 5.36. The van der Waals surface area contributed by atoms with Crippen LogP contribution in [-0.4, -0.2) is 42.2 Å². The Morgan fingerprint density at radius 1 is 1.48 bits per heavy atom. The summed E-state index contributed by atoms with van der Waals surface area (Å²) in [5.41, 5.74) is 0.220. The van der Waals surface area contributed by atoms with Gasteiger partial charge in [0, 0.05) is 32.2 Å². The molecule has 0 unspecified atom stereocenters. The fourth-order valence-electron chi connectivity index (χ4n) is 2.88. The lowest BCUT2D eigenvalue weighted by atomic mass is 9.96. The number of carbonyl (C=O) groups excluding carboxylic acids is 1. The van der Waals surface area contributed by atoms with Crippen molar-refractivity contribution in [2.45, 2.75) is 19.3 Å². The molecular formula is C17H20N4O4. The molecule has 1 amide bonds. The zero-order chi connectivity index (χ0) is 17.6. The molecule has 0 saturated carbocycles. The van der Waals surface area contributed by atoms with Crippen LogP contribution in [-0.2, 0) is 4.79 Å². The summed E-state index contributed by atoms with van der Waals surface area (Å²) in [4.78, 5) is 18.2. The SMILES string of the molecule is N#Cc1nc(-c2ccco2)oc1N1CCC(C(=O)NCCCO)CC1. The summed E-state index contributed by atoms with van der Waals surface area (Å²) < 4.78 is 11.0. The Hall–Kier alpha value is -2.79. The van der Waals surface area contributed by atoms with Crippen molar-refractivity contribution < 1.29 is 18.7 Å². The van der Waals surface area contributed by atoms with Crippen molar-refractivity contribution in [1.82, 2.24) is 10.3 Å². The van der Waals surface area contributed by atoms with Crippen molar-refractivity contribution in [2.24, 2.45) is 5.92 Å². The summed E-state index contributed by atoms with van der Waals surface area (Å²) >= 11 is 0. The predicted octanol–water partition coefficient (Wildman–Crippen LogP) is 1.52. The first-order valence-corrected chi connectivity index (χ1v) is 8.31. The molecule has 1 fully saturated rings. The number of nitrogens with one attached hydrogen (secondary N) is 1. The third-order valence-electron chi connectivity index (χ3n) is 4.23. The number of aromatic nitrogens is 1. The summed E-state index contributed by atoms with van der Waals surface area (Å²) in [5.74, 6) is 1.13. The Labute approximate surface area is 145 Å². The monoisotopic (exact) mass is 344 g/mol. The number of nitriles is 1. The second-order valence-corrected chi connectivity index (χ2v) is 5.89. The molecule has 1 saturated heterocycles. The van der Waals surface area contributed by atoms with Gasteiger partial charge in [0.2, 0.25) is 17.5 Å². The van der Waals surface area contributed by atoms with Crippen LogP contribution < -0.4 is 10.2 Å². The molecule has 8 heteroatoms. The summed E-state index contributed by atoms with van der Waals surface area (Å²) in [6.07, 6.45) is 3.43. The number of aliphatic hydroxyl groups excluding tert-OH is 1. The van der Waals surface area contributed by atoms with Gasteiger partial charge in [-0.1, -0.05) is 0 Å². The highest BCUT2D eigenvalue weighted by molar-refractivity contribution is 5.79. The molecule has 2 aromatic rings. The van der Waals surface area contributed by atoms with E-state index in [2.05, 4.69) is 16.4 Å². The van der Waals surface area contributed by atoms with Crippen LogP contribution in [0.4, 0.5) is 5.88 Å². The highest BCUT2D eigenvalue weighted by Gasteiger charge is 2.29. The van der Waals surface area contributed by atoms with Gasteiger partial charge in [-0.05, 0) is 31.4 Å². The molecule has 0 bridgehead atoms. The van der Waals surface area contributed by atoms with Gasteiger partial charge in [0.05, 0.1) is 6.26 Å². The average Bonchev–Trinajstić information content (AvgIpc) is 3.31. The zero-order valence-electron chi connectivity index (χ0n) is 13.8. The van der Waals surface area contributed by atoms with E-state index in [0.717, 1.165) is 0 Å². The van der Waals surface area contributed by atoms with Gasteiger partial charge in [0.1, 0.15) is 6.07 Å². The van der Waals surface area contributed by atoms with Gasteiger partial charge in [-0.15, -0.1) is 0 Å². The zero-order valence-corrected chi connectivity index (χ0v) is 13.8. The Morgan fingerprint density at radius 2 is 2.28 bits per heavy atom. The second kappa shape index (κ2) is 7.85. The summed E-state index contributed by atoms with van der Waals surface area (Å²) in [6.45, 7) is 1.78. The molecule has 132 valence electrons. The molecule has 0 radical (unpaired) electrons. The number of oxazole rings is 1. The van der Waals surface area contributed by atoms with E-state index in [1.165, 1.54) is 6.26 Å². The fourth-order valence-corrected chi connectivity index (χ4v) is 2.88. The number of nitrogens with zero attached hydrogens (tertiary/aromatic N) is 3. The maximum Gasteiger partial charge on any atom is 0.266 e. The number of hydrogen-bond donors (Lipinski definition) is 2. The van der Waals surface area contributed by atoms with Gasteiger partial charge < -0.3 is 24.2 Å². The van der Waals surface area contributed by atoms with Gasteiger partial charge in [0.15, 0.2) is 5.76 Å². The summed E-state index contributed by atoms with van der Waals surface area (Å²) in [5, 5.41) is 20.9. The Balaban J connectivity index is 1.63. The number of hydrogen-bond acceptors (Lipinski definition) is 7. The lowest BCUT2D eigenvalue weighted by Gasteiger charge is -2.30. The van der Waals surface area contributed by atoms with Crippen LogP contribution >= 0.6 is 0 Å². The van der Waals surface area contributed by atoms with Crippen LogP contribution in [0.1, 0.15) is 25.0 Å². The number of carbonyl (C=O) groups is 1. The van der Waals surface area contributed by atoms with Crippen molar-refractivity contribution in [2.75, 3.05) is 31.1 Å². The minimum Gasteiger partial charge on any atom is -0.459 e. The van der Waals surface area contributed by atoms with E-state index in [1.807, 2.05) is 4.90 Å². The average molecular weight is 344 g/mol. The third-order valence-corrected chi connectivity index (χ3v) is 4.23. The summed E-state index contributed by atoms with van der Waals surface area (Å²) in [7, 11) is 0. The maximum atomic E-state index is 12.1. The first kappa shape index (κ1) is 17.0. The van der Waals surface area contributed by atoms with E-state index in [4.69, 9.17) is 13.9 Å². The number of piperidine rings is 1. The van der Waals surface area contributed by atoms with Crippen LogP contribution in [0, 0.1) is 17.2 Å². The third kappa shape index (κ3) is 3.83. The Morgan fingerprint density at radius 3 is 2.92 bits per heavy atom. The van der Waals surface area contributed by atoms with Gasteiger partial charge >= 0.3 is 0 Å². The van der Waals surface area contributed by atoms with E-state index in [0.29, 0.717) is 50.5 Å². The van der Waals surface area contributed by atoms with Crippen molar-refractivity contribution in [1.29, 1.82) is 5.26 Å². The van der Waals surface area contributed by atoms with E-state index >= 15 is 0 Å². The van der Waals surface area contributed by atoms with Gasteiger partial charge in [-0.25, -0.2) is 0 Å². The molecule has 1 aliphatic rings. The molecule has 25 heavy (non-hydrogen) atoms. The van der Waals surface area contributed by atoms with E-state index in [9.17, 15) is 10.1 Å². The molecule has 8 nitrogen and oxygen atoms in total. The lowest BCUT2D eigenvalue weighted by Crippen LogP contribution is -2.41.